The van der Waals surface area contributed by atoms with Crippen LogP contribution < -0.4 is 21.2 Å². The van der Waals surface area contributed by atoms with E-state index in [-0.39, 0.29) is 13.1 Å². The Balaban J connectivity index is 1.47. The van der Waals surface area contributed by atoms with E-state index in [4.69, 9.17) is 27.4 Å². The molecule has 0 spiro atoms. The summed E-state index contributed by atoms with van der Waals surface area (Å²) in [4.78, 5) is 28.4. The van der Waals surface area contributed by atoms with Gasteiger partial charge in [0.05, 0.1) is 23.9 Å². The minimum atomic E-state index is -0.929. The Labute approximate surface area is 207 Å². The summed E-state index contributed by atoms with van der Waals surface area (Å²) in [7, 11) is 0. The molecule has 10 nitrogen and oxygen atoms in total. The molecule has 180 valence electrons. The fourth-order valence-corrected chi connectivity index (χ4v) is 3.75. The number of imide groups is 1. The lowest BCUT2D eigenvalue weighted by Crippen LogP contribution is -2.71. The number of halogens is 1. The lowest BCUT2D eigenvalue weighted by atomic mass is 10.2. The lowest BCUT2D eigenvalue weighted by Gasteiger charge is -2.45. The maximum Gasteiger partial charge on any atom is 0.345 e. The Kier molecular flexibility index (Phi) is 7.10. The van der Waals surface area contributed by atoms with Crippen molar-refractivity contribution < 1.29 is 14.3 Å². The molecule has 4 amide bonds. The zero-order valence-electron chi connectivity index (χ0n) is 18.9. The van der Waals surface area contributed by atoms with Crippen LogP contribution in [0.5, 0.6) is 5.75 Å². The molecule has 0 radical (unpaired) electrons. The molecule has 4 rings (SSSR count). The fraction of sp³-hybridized carbons (Fsp3) is 0.208. The van der Waals surface area contributed by atoms with Gasteiger partial charge in [-0.3, -0.25) is 4.90 Å². The van der Waals surface area contributed by atoms with E-state index in [2.05, 4.69) is 16.7 Å². The molecule has 0 aromatic heterocycles. The summed E-state index contributed by atoms with van der Waals surface area (Å²) in [5, 5.41) is 16.7. The highest BCUT2D eigenvalue weighted by Gasteiger charge is 2.42. The lowest BCUT2D eigenvalue weighted by molar-refractivity contribution is 0.0152. The van der Waals surface area contributed by atoms with Crippen LogP contribution in [-0.2, 0) is 6.54 Å². The third-order valence-corrected chi connectivity index (χ3v) is 5.72. The van der Waals surface area contributed by atoms with E-state index in [1.807, 2.05) is 12.1 Å². The predicted molar refractivity (Wildman–Crippen MR) is 129 cm³/mol. The van der Waals surface area contributed by atoms with Gasteiger partial charge < -0.3 is 15.4 Å². The maximum absolute atomic E-state index is 13.1. The molecule has 4 N–H and O–H groups in total. The number of hydrogen-bond donors (Lipinski definition) is 3. The van der Waals surface area contributed by atoms with Crippen molar-refractivity contribution in [2.24, 2.45) is 5.84 Å². The first-order valence-electron chi connectivity index (χ1n) is 10.9. The van der Waals surface area contributed by atoms with Crippen LogP contribution in [0.1, 0.15) is 18.1 Å². The number of carbonyl (C=O) groups is 2. The van der Waals surface area contributed by atoms with Crippen molar-refractivity contribution in [2.45, 2.75) is 26.0 Å². The number of amides is 4. The zero-order chi connectivity index (χ0) is 24.9. The van der Waals surface area contributed by atoms with Crippen molar-refractivity contribution >= 4 is 23.7 Å². The molecule has 0 aliphatic carbocycles. The van der Waals surface area contributed by atoms with Gasteiger partial charge >= 0.3 is 12.1 Å². The minimum absolute atomic E-state index is 0.188. The molecule has 2 aliphatic rings. The number of benzene rings is 2. The van der Waals surface area contributed by atoms with Gasteiger partial charge in [-0.2, -0.15) is 5.26 Å². The highest BCUT2D eigenvalue weighted by atomic mass is 35.5. The van der Waals surface area contributed by atoms with Gasteiger partial charge in [-0.05, 0) is 61.0 Å². The van der Waals surface area contributed by atoms with Gasteiger partial charge in [-0.1, -0.05) is 23.7 Å². The summed E-state index contributed by atoms with van der Waals surface area (Å²) < 4.78 is 5.84. The van der Waals surface area contributed by atoms with E-state index >= 15 is 0 Å². The van der Waals surface area contributed by atoms with Gasteiger partial charge in [0.25, 0.3) is 0 Å². The first kappa shape index (κ1) is 23.9. The quantitative estimate of drug-likeness (QED) is 0.399. The number of ether oxygens (including phenoxy) is 1. The second-order valence-corrected chi connectivity index (χ2v) is 8.23. The summed E-state index contributed by atoms with van der Waals surface area (Å²) in [6.45, 7) is 2.11. The first-order chi connectivity index (χ1) is 16.9. The Morgan fingerprint density at radius 1 is 1.14 bits per heavy atom. The monoisotopic (exact) mass is 493 g/mol. The Bertz CT molecular complexity index is 1190. The average Bonchev–Trinajstić information content (AvgIpc) is 2.88. The molecule has 2 aromatic carbocycles. The number of carbonyl (C=O) groups excluding carboxylic acids is 2. The van der Waals surface area contributed by atoms with Crippen molar-refractivity contribution in [3.8, 4) is 11.8 Å². The van der Waals surface area contributed by atoms with Crippen molar-refractivity contribution in [3.05, 3.63) is 88.7 Å². The van der Waals surface area contributed by atoms with Gasteiger partial charge in [-0.15, -0.1) is 0 Å². The van der Waals surface area contributed by atoms with Gasteiger partial charge in [0.1, 0.15) is 5.75 Å². The van der Waals surface area contributed by atoms with Crippen LogP contribution in [0.15, 0.2) is 72.6 Å². The number of rotatable bonds is 7. The number of urea groups is 2. The van der Waals surface area contributed by atoms with Crippen LogP contribution in [-0.4, -0.2) is 45.9 Å². The van der Waals surface area contributed by atoms with Crippen LogP contribution in [0.4, 0.5) is 9.59 Å². The van der Waals surface area contributed by atoms with Gasteiger partial charge in [0.15, 0.2) is 6.23 Å². The molecule has 35 heavy (non-hydrogen) atoms. The number of dihydropyridines is 1. The van der Waals surface area contributed by atoms with Crippen LogP contribution in [0.3, 0.4) is 0 Å². The van der Waals surface area contributed by atoms with Gasteiger partial charge in [-0.25, -0.2) is 25.3 Å². The molecule has 11 heteroatoms. The average molecular weight is 494 g/mol. The van der Waals surface area contributed by atoms with Crippen LogP contribution in [0.2, 0.25) is 5.02 Å². The summed E-state index contributed by atoms with van der Waals surface area (Å²) in [5.74, 6) is 6.73. The molecule has 2 atom stereocenters. The highest BCUT2D eigenvalue weighted by molar-refractivity contribution is 6.30. The van der Waals surface area contributed by atoms with Crippen molar-refractivity contribution in [1.29, 1.82) is 5.26 Å². The van der Waals surface area contributed by atoms with E-state index in [0.29, 0.717) is 22.0 Å². The second kappa shape index (κ2) is 10.4. The smallest absolute Gasteiger partial charge is 0.345 e. The second-order valence-electron chi connectivity index (χ2n) is 7.79. The molecule has 2 aliphatic heterocycles. The summed E-state index contributed by atoms with van der Waals surface area (Å²) in [5.41, 5.74) is 1.97. The molecule has 0 saturated carbocycles. The van der Waals surface area contributed by atoms with Crippen molar-refractivity contribution in [1.82, 2.24) is 25.4 Å². The van der Waals surface area contributed by atoms with E-state index in [1.165, 1.54) is 4.90 Å². The van der Waals surface area contributed by atoms with Gasteiger partial charge in [0.2, 0.25) is 6.29 Å². The molecule has 1 saturated heterocycles. The highest BCUT2D eigenvalue weighted by Crippen LogP contribution is 2.21. The maximum atomic E-state index is 13.1. The molecule has 2 unspecified atom stereocenters. The van der Waals surface area contributed by atoms with Crippen LogP contribution in [0.25, 0.3) is 0 Å². The van der Waals surface area contributed by atoms with Crippen LogP contribution >= 0.6 is 11.6 Å². The summed E-state index contributed by atoms with van der Waals surface area (Å²) >= 11 is 5.99. The number of hydrogen-bond acceptors (Lipinski definition) is 7. The Morgan fingerprint density at radius 2 is 1.86 bits per heavy atom. The number of nitriles is 1. The number of hydrazine groups is 1. The molecule has 1 fully saturated rings. The Hall–Kier alpha value is -4.20. The van der Waals surface area contributed by atoms with E-state index in [1.54, 1.807) is 61.7 Å². The number of nitrogens with two attached hydrogens (primary N) is 1. The third-order valence-electron chi connectivity index (χ3n) is 5.47. The number of allylic oxidation sites excluding steroid dienone is 1. The standard InChI is InChI=1S/C24H24ClN7O3/c1-2-30-23(33)31(15-17-3-7-18(25)8-4-17)22(32(27)24(30)34)29-19-9-12-21(28-14-19)35-20-10-5-16(13-26)6-11-20/h3-12,14,21-22,28-29H,2,15,27H2,1H3. The molecule has 0 bridgehead atoms. The molecule has 2 heterocycles. The normalized spacial score (nSPS) is 19.7. The SMILES string of the molecule is CCN1C(=O)N(N)C(NC2=CNC(Oc3ccc(C#N)cc3)C=C2)N(Cc2ccc(Cl)cc2)C1=O. The molecular formula is C24H24ClN7O3. The molecular weight excluding hydrogens is 470 g/mol. The van der Waals surface area contributed by atoms with Gasteiger partial charge in [0, 0.05) is 17.8 Å². The largest absolute Gasteiger partial charge is 0.467 e. The van der Waals surface area contributed by atoms with Crippen LogP contribution in [0, 0.1) is 11.3 Å². The summed E-state index contributed by atoms with van der Waals surface area (Å²) in [6, 6.07) is 14.9. The topological polar surface area (TPSA) is 127 Å². The fourth-order valence-electron chi connectivity index (χ4n) is 3.63. The van der Waals surface area contributed by atoms with E-state index in [0.717, 1.165) is 15.5 Å². The molecule has 2 aromatic rings. The first-order valence-corrected chi connectivity index (χ1v) is 11.3. The van der Waals surface area contributed by atoms with E-state index < -0.39 is 24.6 Å². The third kappa shape index (κ3) is 5.32. The minimum Gasteiger partial charge on any atom is -0.467 e. The number of nitrogens with one attached hydrogen (secondary N) is 2. The summed E-state index contributed by atoms with van der Waals surface area (Å²) in [6.07, 6.45) is 3.83. The zero-order valence-corrected chi connectivity index (χ0v) is 19.6. The Morgan fingerprint density at radius 3 is 2.46 bits per heavy atom. The number of nitrogens with zero attached hydrogens (tertiary/aromatic N) is 4. The van der Waals surface area contributed by atoms with Crippen molar-refractivity contribution in [2.75, 3.05) is 6.54 Å². The van der Waals surface area contributed by atoms with E-state index in [9.17, 15) is 9.59 Å². The predicted octanol–water partition coefficient (Wildman–Crippen LogP) is 3.04. The van der Waals surface area contributed by atoms with Crippen molar-refractivity contribution in [3.63, 3.8) is 0 Å².